The average Bonchev–Trinajstić information content (AvgIpc) is 2.44. The van der Waals surface area contributed by atoms with E-state index in [0.717, 1.165) is 6.07 Å². The van der Waals surface area contributed by atoms with E-state index >= 15 is 0 Å². The van der Waals surface area contributed by atoms with Crippen molar-refractivity contribution in [1.29, 1.82) is 0 Å². The second-order valence-corrected chi connectivity index (χ2v) is 5.23. The maximum atomic E-state index is 11.0. The molecular formula is C12H15ClN2O6. The SMILES string of the molecule is C[C@H]1O[C@@H](Nc2ccc(Cl)cc2[N+](=O)[O-])[C@@H](O)[C@@H](O)[C@@H]1O. The van der Waals surface area contributed by atoms with Gasteiger partial charge in [0, 0.05) is 11.1 Å². The van der Waals surface area contributed by atoms with E-state index in [9.17, 15) is 25.4 Å². The maximum absolute atomic E-state index is 11.0. The first-order valence-electron chi connectivity index (χ1n) is 6.21. The molecule has 2 rings (SSSR count). The largest absolute Gasteiger partial charge is 0.388 e. The Kier molecular flexibility index (Phi) is 4.64. The number of aliphatic hydroxyl groups excluding tert-OH is 3. The number of ether oxygens (including phenoxy) is 1. The van der Waals surface area contributed by atoms with Gasteiger partial charge in [-0.25, -0.2) is 0 Å². The summed E-state index contributed by atoms with van der Waals surface area (Å²) in [5.41, 5.74) is -0.198. The lowest BCUT2D eigenvalue weighted by molar-refractivity contribution is -0.384. The molecule has 0 bridgehead atoms. The molecule has 1 aliphatic rings. The van der Waals surface area contributed by atoms with E-state index in [0.29, 0.717) is 0 Å². The first-order chi connectivity index (χ1) is 9.81. The second kappa shape index (κ2) is 6.12. The molecule has 0 aliphatic carbocycles. The van der Waals surface area contributed by atoms with Gasteiger partial charge in [0.15, 0.2) is 6.23 Å². The predicted molar refractivity (Wildman–Crippen MR) is 74.1 cm³/mol. The molecule has 1 saturated heterocycles. The van der Waals surface area contributed by atoms with Crippen LogP contribution in [0.15, 0.2) is 18.2 Å². The van der Waals surface area contributed by atoms with E-state index in [1.54, 1.807) is 0 Å². The summed E-state index contributed by atoms with van der Waals surface area (Å²) in [4.78, 5) is 10.4. The molecule has 1 aromatic rings. The molecule has 0 amide bonds. The van der Waals surface area contributed by atoms with Gasteiger partial charge in [-0.3, -0.25) is 10.1 Å². The molecule has 5 atom stereocenters. The van der Waals surface area contributed by atoms with Crippen molar-refractivity contribution >= 4 is 23.0 Å². The molecule has 8 nitrogen and oxygen atoms in total. The first kappa shape index (κ1) is 15.9. The number of nitro benzene ring substituents is 1. The van der Waals surface area contributed by atoms with Crippen LogP contribution < -0.4 is 5.32 Å². The molecule has 4 N–H and O–H groups in total. The Bertz CT molecular complexity index is 542. The molecule has 1 heterocycles. The summed E-state index contributed by atoms with van der Waals surface area (Å²) in [5.74, 6) is 0. The summed E-state index contributed by atoms with van der Waals surface area (Å²) >= 11 is 5.71. The third-order valence-corrected chi connectivity index (χ3v) is 3.54. The Morgan fingerprint density at radius 2 is 1.95 bits per heavy atom. The standard InChI is InChI=1S/C12H15ClN2O6/c1-5-9(16)10(17)11(18)12(21-5)14-7-3-2-6(13)4-8(7)15(19)20/h2-5,9-12,14,16-18H,1H3/t5-,9-,10+,11+,12-/m1/s1. The summed E-state index contributed by atoms with van der Waals surface area (Å²) in [7, 11) is 0. The third kappa shape index (κ3) is 3.25. The number of nitrogens with zero attached hydrogens (tertiary/aromatic N) is 1. The lowest BCUT2D eigenvalue weighted by atomic mass is 9.99. The lowest BCUT2D eigenvalue weighted by Crippen LogP contribution is -2.58. The number of halogens is 1. The van der Waals surface area contributed by atoms with Crippen LogP contribution in [-0.2, 0) is 4.74 Å². The summed E-state index contributed by atoms with van der Waals surface area (Å²) in [6.07, 6.45) is -5.94. The highest BCUT2D eigenvalue weighted by atomic mass is 35.5. The molecule has 9 heteroatoms. The zero-order valence-corrected chi connectivity index (χ0v) is 11.8. The zero-order valence-electron chi connectivity index (χ0n) is 11.0. The van der Waals surface area contributed by atoms with Crippen LogP contribution in [0, 0.1) is 10.1 Å². The van der Waals surface area contributed by atoms with E-state index in [1.165, 1.54) is 19.1 Å². The van der Waals surface area contributed by atoms with Gasteiger partial charge in [0.1, 0.15) is 24.0 Å². The number of anilines is 1. The van der Waals surface area contributed by atoms with Crippen molar-refractivity contribution in [3.63, 3.8) is 0 Å². The number of hydrogen-bond donors (Lipinski definition) is 4. The number of nitrogens with one attached hydrogen (secondary N) is 1. The van der Waals surface area contributed by atoms with Gasteiger partial charge in [0.2, 0.25) is 0 Å². The van der Waals surface area contributed by atoms with E-state index in [4.69, 9.17) is 16.3 Å². The van der Waals surface area contributed by atoms with Gasteiger partial charge in [-0.15, -0.1) is 0 Å². The molecule has 0 unspecified atom stereocenters. The molecule has 1 aliphatic heterocycles. The van der Waals surface area contributed by atoms with Crippen LogP contribution in [0.25, 0.3) is 0 Å². The monoisotopic (exact) mass is 318 g/mol. The molecular weight excluding hydrogens is 304 g/mol. The molecule has 116 valence electrons. The smallest absolute Gasteiger partial charge is 0.293 e. The Labute approximate surface area is 125 Å². The average molecular weight is 319 g/mol. The number of hydrogen-bond acceptors (Lipinski definition) is 7. The van der Waals surface area contributed by atoms with Crippen molar-refractivity contribution in [3.8, 4) is 0 Å². The Balaban J connectivity index is 2.24. The molecule has 21 heavy (non-hydrogen) atoms. The molecule has 1 fully saturated rings. The quantitative estimate of drug-likeness (QED) is 0.472. The van der Waals surface area contributed by atoms with Crippen molar-refractivity contribution in [3.05, 3.63) is 33.3 Å². The molecule has 1 aromatic carbocycles. The van der Waals surface area contributed by atoms with Crippen LogP contribution in [0.2, 0.25) is 5.02 Å². The highest BCUT2D eigenvalue weighted by Gasteiger charge is 2.42. The number of nitro groups is 1. The second-order valence-electron chi connectivity index (χ2n) is 4.80. The first-order valence-corrected chi connectivity index (χ1v) is 6.59. The molecule has 0 spiro atoms. The van der Waals surface area contributed by atoms with Crippen molar-refractivity contribution in [2.75, 3.05) is 5.32 Å². The van der Waals surface area contributed by atoms with Crippen LogP contribution in [0.1, 0.15) is 6.92 Å². The van der Waals surface area contributed by atoms with Gasteiger partial charge in [0.05, 0.1) is 11.0 Å². The van der Waals surface area contributed by atoms with Gasteiger partial charge in [0.25, 0.3) is 5.69 Å². The maximum Gasteiger partial charge on any atom is 0.293 e. The van der Waals surface area contributed by atoms with E-state index in [-0.39, 0.29) is 16.4 Å². The normalized spacial score (nSPS) is 32.7. The van der Waals surface area contributed by atoms with E-state index < -0.39 is 35.6 Å². The minimum atomic E-state index is -1.44. The minimum Gasteiger partial charge on any atom is -0.388 e. The summed E-state index contributed by atoms with van der Waals surface area (Å²) in [6, 6.07) is 3.98. The fourth-order valence-electron chi connectivity index (χ4n) is 2.10. The number of rotatable bonds is 3. The van der Waals surface area contributed by atoms with E-state index in [1.807, 2.05) is 0 Å². The minimum absolute atomic E-state index is 0.0873. The van der Waals surface area contributed by atoms with Crippen molar-refractivity contribution in [2.24, 2.45) is 0 Å². The fraction of sp³-hybridized carbons (Fsp3) is 0.500. The third-order valence-electron chi connectivity index (χ3n) is 3.31. The lowest BCUT2D eigenvalue weighted by Gasteiger charge is -2.39. The fourth-order valence-corrected chi connectivity index (χ4v) is 2.27. The zero-order chi connectivity index (χ0) is 15.7. The van der Waals surface area contributed by atoms with Crippen molar-refractivity contribution < 1.29 is 25.0 Å². The van der Waals surface area contributed by atoms with Crippen LogP contribution in [0.5, 0.6) is 0 Å². The summed E-state index contributed by atoms with van der Waals surface area (Å²) in [5, 5.41) is 43.0. The predicted octanol–water partition coefficient (Wildman–Crippen LogP) is 0.488. The van der Waals surface area contributed by atoms with Crippen LogP contribution in [-0.4, -0.2) is 50.9 Å². The van der Waals surface area contributed by atoms with Crippen molar-refractivity contribution in [2.45, 2.75) is 37.6 Å². The highest BCUT2D eigenvalue weighted by molar-refractivity contribution is 6.30. The van der Waals surface area contributed by atoms with Crippen molar-refractivity contribution in [1.82, 2.24) is 0 Å². The molecule has 0 saturated carbocycles. The Hall–Kier alpha value is -1.45. The molecule has 0 radical (unpaired) electrons. The van der Waals surface area contributed by atoms with Gasteiger partial charge >= 0.3 is 0 Å². The summed E-state index contributed by atoms with van der Waals surface area (Å²) in [6.45, 7) is 1.52. The Morgan fingerprint density at radius 1 is 1.29 bits per heavy atom. The van der Waals surface area contributed by atoms with Crippen LogP contribution >= 0.6 is 11.6 Å². The van der Waals surface area contributed by atoms with Gasteiger partial charge < -0.3 is 25.4 Å². The number of benzene rings is 1. The van der Waals surface area contributed by atoms with Crippen LogP contribution in [0.3, 0.4) is 0 Å². The van der Waals surface area contributed by atoms with Gasteiger partial charge in [-0.1, -0.05) is 11.6 Å². The van der Waals surface area contributed by atoms with Gasteiger partial charge in [-0.05, 0) is 19.1 Å². The van der Waals surface area contributed by atoms with Gasteiger partial charge in [-0.2, -0.15) is 0 Å². The van der Waals surface area contributed by atoms with Crippen LogP contribution in [0.4, 0.5) is 11.4 Å². The summed E-state index contributed by atoms with van der Waals surface area (Å²) < 4.78 is 5.32. The highest BCUT2D eigenvalue weighted by Crippen LogP contribution is 2.30. The molecule has 0 aromatic heterocycles. The number of aliphatic hydroxyl groups is 3. The Morgan fingerprint density at radius 3 is 2.57 bits per heavy atom. The van der Waals surface area contributed by atoms with E-state index in [2.05, 4.69) is 5.32 Å². The topological polar surface area (TPSA) is 125 Å².